The number of benzene rings is 2. The van der Waals surface area contributed by atoms with Gasteiger partial charge in [-0.1, -0.05) is 47.1 Å². The number of amides is 2. The summed E-state index contributed by atoms with van der Waals surface area (Å²) in [5.74, 6) is 0.262. The molecule has 0 saturated carbocycles. The molecule has 168 valence electrons. The quantitative estimate of drug-likeness (QED) is 0.455. The second-order valence-corrected chi connectivity index (χ2v) is 9.16. The van der Waals surface area contributed by atoms with Gasteiger partial charge in [0.25, 0.3) is 5.91 Å². The van der Waals surface area contributed by atoms with E-state index in [2.05, 4.69) is 20.8 Å². The molecular formula is C22H23Cl2N5O2S. The molecule has 1 aromatic heterocycles. The van der Waals surface area contributed by atoms with Crippen molar-refractivity contribution in [1.29, 1.82) is 0 Å². The summed E-state index contributed by atoms with van der Waals surface area (Å²) in [7, 11) is 1.79. The highest BCUT2D eigenvalue weighted by Gasteiger charge is 2.20. The van der Waals surface area contributed by atoms with Crippen LogP contribution in [0.5, 0.6) is 0 Å². The lowest BCUT2D eigenvalue weighted by atomic mass is 10.1. The second kappa shape index (κ2) is 10.4. The van der Waals surface area contributed by atoms with Crippen LogP contribution < -0.4 is 10.6 Å². The molecule has 1 heterocycles. The van der Waals surface area contributed by atoms with E-state index in [4.69, 9.17) is 23.2 Å². The van der Waals surface area contributed by atoms with E-state index in [1.54, 1.807) is 30.7 Å². The highest BCUT2D eigenvalue weighted by atomic mass is 35.5. The summed E-state index contributed by atoms with van der Waals surface area (Å²) >= 11 is 13.3. The maximum absolute atomic E-state index is 12.6. The number of rotatable bonds is 7. The SMILES string of the molecule is Cc1ccc(C)c(NC(=O)CSc2nnc([C@@H](C)NC(=O)c3ccc(Cl)cc3Cl)n2C)c1. The minimum Gasteiger partial charge on any atom is -0.342 e. The van der Waals surface area contributed by atoms with Crippen LogP contribution in [-0.4, -0.2) is 32.3 Å². The number of nitrogens with one attached hydrogen (secondary N) is 2. The Balaban J connectivity index is 1.61. The van der Waals surface area contributed by atoms with E-state index in [0.29, 0.717) is 21.6 Å². The Morgan fingerprint density at radius 2 is 1.88 bits per heavy atom. The van der Waals surface area contributed by atoms with Gasteiger partial charge in [-0.15, -0.1) is 10.2 Å². The summed E-state index contributed by atoms with van der Waals surface area (Å²) in [6.45, 7) is 5.73. The Hall–Kier alpha value is -2.55. The van der Waals surface area contributed by atoms with E-state index in [0.717, 1.165) is 16.8 Å². The summed E-state index contributed by atoms with van der Waals surface area (Å²) in [5, 5.41) is 15.4. The van der Waals surface area contributed by atoms with E-state index in [9.17, 15) is 9.59 Å². The van der Waals surface area contributed by atoms with Gasteiger partial charge in [0.2, 0.25) is 5.91 Å². The van der Waals surface area contributed by atoms with Crippen molar-refractivity contribution in [3.05, 3.63) is 69.0 Å². The number of halogens is 2. The molecule has 0 aliphatic carbocycles. The largest absolute Gasteiger partial charge is 0.342 e. The molecule has 3 aromatic rings. The van der Waals surface area contributed by atoms with E-state index in [1.807, 2.05) is 32.0 Å². The van der Waals surface area contributed by atoms with Crippen molar-refractivity contribution >= 4 is 52.5 Å². The molecule has 1 atom stereocenters. The smallest absolute Gasteiger partial charge is 0.253 e. The fourth-order valence-electron chi connectivity index (χ4n) is 3.03. The summed E-state index contributed by atoms with van der Waals surface area (Å²) in [6.07, 6.45) is 0. The predicted molar refractivity (Wildman–Crippen MR) is 129 cm³/mol. The molecule has 7 nitrogen and oxygen atoms in total. The number of hydrogen-bond donors (Lipinski definition) is 2. The number of aryl methyl sites for hydroxylation is 2. The molecule has 0 radical (unpaired) electrons. The highest BCUT2D eigenvalue weighted by molar-refractivity contribution is 7.99. The lowest BCUT2D eigenvalue weighted by Gasteiger charge is -2.14. The zero-order valence-corrected chi connectivity index (χ0v) is 20.4. The van der Waals surface area contributed by atoms with Crippen LogP contribution in [0.15, 0.2) is 41.6 Å². The normalized spacial score (nSPS) is 11.8. The first kappa shape index (κ1) is 24.1. The minimum absolute atomic E-state index is 0.132. The van der Waals surface area contributed by atoms with Gasteiger partial charge in [-0.05, 0) is 56.2 Å². The molecule has 2 amide bonds. The standard InChI is InChI=1S/C22H23Cl2N5O2S/c1-12-5-6-13(2)18(9-12)26-19(30)11-32-22-28-27-20(29(22)4)14(3)25-21(31)16-8-7-15(23)10-17(16)24/h5-10,14H,11H2,1-4H3,(H,25,31)(H,26,30)/t14-/m1/s1. The van der Waals surface area contributed by atoms with Gasteiger partial charge < -0.3 is 15.2 Å². The van der Waals surface area contributed by atoms with Gasteiger partial charge in [0.05, 0.1) is 22.4 Å². The van der Waals surface area contributed by atoms with Crippen molar-refractivity contribution in [2.45, 2.75) is 32.0 Å². The highest BCUT2D eigenvalue weighted by Crippen LogP contribution is 2.23. The Kier molecular flexibility index (Phi) is 7.82. The Morgan fingerprint density at radius 3 is 2.59 bits per heavy atom. The zero-order valence-electron chi connectivity index (χ0n) is 18.1. The van der Waals surface area contributed by atoms with Crippen molar-refractivity contribution in [3.63, 3.8) is 0 Å². The number of anilines is 1. The number of hydrogen-bond acceptors (Lipinski definition) is 5. The maximum atomic E-state index is 12.6. The van der Waals surface area contributed by atoms with Gasteiger partial charge in [0.1, 0.15) is 0 Å². The summed E-state index contributed by atoms with van der Waals surface area (Å²) in [6, 6.07) is 10.2. The summed E-state index contributed by atoms with van der Waals surface area (Å²) in [5.41, 5.74) is 3.20. The maximum Gasteiger partial charge on any atom is 0.253 e. The Labute approximate surface area is 200 Å². The van der Waals surface area contributed by atoms with Gasteiger partial charge in [-0.25, -0.2) is 0 Å². The molecule has 0 aliphatic rings. The molecule has 0 fully saturated rings. The van der Waals surface area contributed by atoms with Crippen molar-refractivity contribution < 1.29 is 9.59 Å². The molecule has 32 heavy (non-hydrogen) atoms. The molecule has 2 N–H and O–H groups in total. The zero-order chi connectivity index (χ0) is 23.4. The topological polar surface area (TPSA) is 88.9 Å². The number of carbonyl (C=O) groups excluding carboxylic acids is 2. The number of nitrogens with zero attached hydrogens (tertiary/aromatic N) is 3. The number of carbonyl (C=O) groups is 2. The first-order valence-corrected chi connectivity index (χ1v) is 11.5. The first-order chi connectivity index (χ1) is 15.2. The van der Waals surface area contributed by atoms with Gasteiger partial charge in [-0.3, -0.25) is 9.59 Å². The third kappa shape index (κ3) is 5.82. The fourth-order valence-corrected chi connectivity index (χ4v) is 4.24. The molecule has 0 saturated heterocycles. The van der Waals surface area contributed by atoms with E-state index in [1.165, 1.54) is 17.8 Å². The summed E-state index contributed by atoms with van der Waals surface area (Å²) < 4.78 is 1.75. The van der Waals surface area contributed by atoms with E-state index < -0.39 is 6.04 Å². The van der Waals surface area contributed by atoms with Crippen LogP contribution in [0.2, 0.25) is 10.0 Å². The van der Waals surface area contributed by atoms with Gasteiger partial charge in [0, 0.05) is 17.8 Å². The van der Waals surface area contributed by atoms with Crippen LogP contribution in [0.4, 0.5) is 5.69 Å². The van der Waals surface area contributed by atoms with Crippen LogP contribution in [-0.2, 0) is 11.8 Å². The molecule has 0 spiro atoms. The lowest BCUT2D eigenvalue weighted by molar-refractivity contribution is -0.113. The molecule has 0 bridgehead atoms. The third-order valence-corrected chi connectivity index (χ3v) is 6.35. The Bertz CT molecular complexity index is 1170. The minimum atomic E-state index is -0.426. The van der Waals surface area contributed by atoms with Gasteiger partial charge in [-0.2, -0.15) is 0 Å². The predicted octanol–water partition coefficient (Wildman–Crippen LogP) is 4.96. The van der Waals surface area contributed by atoms with E-state index in [-0.39, 0.29) is 22.6 Å². The average molecular weight is 492 g/mol. The van der Waals surface area contributed by atoms with Crippen molar-refractivity contribution in [2.24, 2.45) is 7.05 Å². The second-order valence-electron chi connectivity index (χ2n) is 7.37. The van der Waals surface area contributed by atoms with Crippen LogP contribution >= 0.6 is 35.0 Å². The molecule has 0 unspecified atom stereocenters. The number of aromatic nitrogens is 3. The van der Waals surface area contributed by atoms with Crippen molar-refractivity contribution in [3.8, 4) is 0 Å². The fraction of sp³-hybridized carbons (Fsp3) is 0.273. The lowest BCUT2D eigenvalue weighted by Crippen LogP contribution is -2.28. The molecule has 2 aromatic carbocycles. The van der Waals surface area contributed by atoms with Gasteiger partial charge >= 0.3 is 0 Å². The van der Waals surface area contributed by atoms with Gasteiger partial charge in [0.15, 0.2) is 11.0 Å². The molecular weight excluding hydrogens is 469 g/mol. The molecule has 10 heteroatoms. The van der Waals surface area contributed by atoms with Crippen LogP contribution in [0, 0.1) is 13.8 Å². The van der Waals surface area contributed by atoms with Crippen molar-refractivity contribution in [2.75, 3.05) is 11.1 Å². The summed E-state index contributed by atoms with van der Waals surface area (Å²) in [4.78, 5) is 25.0. The van der Waals surface area contributed by atoms with Crippen molar-refractivity contribution in [1.82, 2.24) is 20.1 Å². The number of thioether (sulfide) groups is 1. The molecule has 0 aliphatic heterocycles. The Morgan fingerprint density at radius 1 is 1.12 bits per heavy atom. The monoisotopic (exact) mass is 491 g/mol. The first-order valence-electron chi connectivity index (χ1n) is 9.80. The van der Waals surface area contributed by atoms with E-state index >= 15 is 0 Å². The molecule has 3 rings (SSSR count). The van der Waals surface area contributed by atoms with Crippen LogP contribution in [0.25, 0.3) is 0 Å². The van der Waals surface area contributed by atoms with Crippen LogP contribution in [0.3, 0.4) is 0 Å². The van der Waals surface area contributed by atoms with Crippen LogP contribution in [0.1, 0.15) is 40.3 Å². The third-order valence-electron chi connectivity index (χ3n) is 4.78. The average Bonchev–Trinajstić information content (AvgIpc) is 3.09.